The summed E-state index contributed by atoms with van der Waals surface area (Å²) in [5.74, 6) is -0.142. The van der Waals surface area contributed by atoms with Crippen LogP contribution in [0.4, 0.5) is 26.5 Å². The summed E-state index contributed by atoms with van der Waals surface area (Å²) in [5, 5.41) is 27.2. The molecule has 0 aliphatic heterocycles. The van der Waals surface area contributed by atoms with Crippen molar-refractivity contribution >= 4 is 23.4 Å². The fraction of sp³-hybridized carbons (Fsp3) is 0.500. The maximum absolute atomic E-state index is 15.2. The first-order valence-electron chi connectivity index (χ1n) is 13.7. The molecular weight excluding hydrogens is 545 g/mol. The number of hydrogen-bond acceptors (Lipinski definition) is 11. The van der Waals surface area contributed by atoms with Crippen LogP contribution in [0, 0.1) is 23.1 Å². The number of nitrogens with zero attached hydrogens (tertiary/aromatic N) is 6. The summed E-state index contributed by atoms with van der Waals surface area (Å²) in [5.41, 5.74) is 0.226. The van der Waals surface area contributed by atoms with E-state index in [4.69, 9.17) is 14.2 Å². The lowest BCUT2D eigenvalue weighted by molar-refractivity contribution is 0.0492. The van der Waals surface area contributed by atoms with Gasteiger partial charge in [0.25, 0.3) is 0 Å². The number of halogens is 1. The molecule has 0 saturated heterocycles. The van der Waals surface area contributed by atoms with E-state index in [0.29, 0.717) is 18.0 Å². The Balaban J connectivity index is 1.59. The molecule has 2 atom stereocenters. The first kappa shape index (κ1) is 30.4. The summed E-state index contributed by atoms with van der Waals surface area (Å²) in [6.45, 7) is 7.83. The highest BCUT2D eigenvalue weighted by atomic mass is 19.1. The molecule has 3 heterocycles. The van der Waals surface area contributed by atoms with Crippen molar-refractivity contribution in [2.75, 3.05) is 31.0 Å². The molecule has 1 aliphatic carbocycles. The van der Waals surface area contributed by atoms with Crippen LogP contribution in [0.2, 0.25) is 0 Å². The summed E-state index contributed by atoms with van der Waals surface area (Å²) < 4.78 is 31.4. The largest absolute Gasteiger partial charge is 0.474 e. The molecule has 224 valence electrons. The second kappa shape index (κ2) is 13.4. The van der Waals surface area contributed by atoms with Crippen LogP contribution in [0.15, 0.2) is 30.7 Å². The van der Waals surface area contributed by atoms with Crippen molar-refractivity contribution in [3.05, 3.63) is 42.1 Å². The number of methoxy groups -OCH3 is 1. The Labute approximate surface area is 243 Å². The molecule has 1 amide bonds. The Bertz CT molecular complexity index is 1400. The van der Waals surface area contributed by atoms with Crippen molar-refractivity contribution in [3.8, 4) is 17.6 Å². The Morgan fingerprint density at radius 2 is 1.95 bits per heavy atom. The van der Waals surface area contributed by atoms with E-state index < -0.39 is 23.6 Å². The average Bonchev–Trinajstić information content (AvgIpc) is 3.43. The molecule has 0 radical (unpaired) electrons. The van der Waals surface area contributed by atoms with Gasteiger partial charge in [-0.2, -0.15) is 15.5 Å². The number of amides is 1. The van der Waals surface area contributed by atoms with E-state index in [1.807, 2.05) is 13.0 Å². The van der Waals surface area contributed by atoms with E-state index in [9.17, 15) is 10.1 Å². The molecular formula is C28H36FN9O4. The molecule has 14 heteroatoms. The molecule has 3 N–H and O–H groups in total. The predicted octanol–water partition coefficient (Wildman–Crippen LogP) is 4.33. The number of carbonyl (C=O) groups is 1. The molecule has 0 bridgehead atoms. The lowest BCUT2D eigenvalue weighted by Crippen LogP contribution is -2.51. The maximum Gasteiger partial charge on any atom is 0.407 e. The zero-order chi connectivity index (χ0) is 30.3. The second-order valence-corrected chi connectivity index (χ2v) is 11.0. The van der Waals surface area contributed by atoms with Crippen molar-refractivity contribution in [1.82, 2.24) is 30.3 Å². The molecule has 1 fully saturated rings. The number of nitrogens with one attached hydrogen (secondary N) is 3. The molecule has 42 heavy (non-hydrogen) atoms. The van der Waals surface area contributed by atoms with Crippen LogP contribution in [-0.4, -0.2) is 69.1 Å². The number of anilines is 3. The van der Waals surface area contributed by atoms with Gasteiger partial charge in [0.05, 0.1) is 42.5 Å². The SMILES string of the molecule is COCCOc1ncc(Nc2nc(N[C@H](C3CCC3)[C@H](C)NC(=O)OC(C)(C)C)c(F)cc2C#N)cc1-n1nccn1. The topological polar surface area (TPSA) is 161 Å². The minimum Gasteiger partial charge on any atom is -0.474 e. The van der Waals surface area contributed by atoms with Crippen LogP contribution < -0.4 is 20.7 Å². The van der Waals surface area contributed by atoms with Crippen molar-refractivity contribution in [2.45, 2.75) is 64.6 Å². The lowest BCUT2D eigenvalue weighted by Gasteiger charge is -2.38. The Hall–Kier alpha value is -4.51. The van der Waals surface area contributed by atoms with Gasteiger partial charge in [0.15, 0.2) is 17.5 Å². The number of alkyl carbamates (subject to hydrolysis) is 1. The zero-order valence-electron chi connectivity index (χ0n) is 24.3. The van der Waals surface area contributed by atoms with Gasteiger partial charge in [0.2, 0.25) is 5.88 Å². The molecule has 3 aromatic rings. The predicted molar refractivity (Wildman–Crippen MR) is 152 cm³/mol. The summed E-state index contributed by atoms with van der Waals surface area (Å²) in [6, 6.07) is 4.07. The normalized spacial score (nSPS) is 14.7. The number of nitriles is 1. The van der Waals surface area contributed by atoms with Crippen LogP contribution in [0.1, 0.15) is 52.5 Å². The number of ether oxygens (including phenoxy) is 3. The molecule has 3 aromatic heterocycles. The highest BCUT2D eigenvalue weighted by Gasteiger charge is 2.34. The van der Waals surface area contributed by atoms with E-state index in [1.165, 1.54) is 23.4 Å². The molecule has 0 aromatic carbocycles. The Morgan fingerprint density at radius 3 is 2.57 bits per heavy atom. The van der Waals surface area contributed by atoms with Gasteiger partial charge < -0.3 is 30.2 Å². The van der Waals surface area contributed by atoms with Gasteiger partial charge in [-0.3, -0.25) is 0 Å². The minimum atomic E-state index is -0.688. The quantitative estimate of drug-likeness (QED) is 0.261. The van der Waals surface area contributed by atoms with Crippen molar-refractivity contribution in [2.24, 2.45) is 5.92 Å². The zero-order valence-corrected chi connectivity index (χ0v) is 24.3. The van der Waals surface area contributed by atoms with E-state index in [0.717, 1.165) is 25.3 Å². The van der Waals surface area contributed by atoms with Crippen LogP contribution in [0.25, 0.3) is 5.69 Å². The van der Waals surface area contributed by atoms with E-state index in [2.05, 4.69) is 36.1 Å². The number of carbonyl (C=O) groups excluding carboxylic acids is 1. The average molecular weight is 582 g/mol. The van der Waals surface area contributed by atoms with Crippen molar-refractivity contribution in [3.63, 3.8) is 0 Å². The Morgan fingerprint density at radius 1 is 1.21 bits per heavy atom. The molecule has 0 spiro atoms. The van der Waals surface area contributed by atoms with Gasteiger partial charge >= 0.3 is 6.09 Å². The fourth-order valence-corrected chi connectivity index (χ4v) is 4.42. The monoisotopic (exact) mass is 581 g/mol. The first-order valence-corrected chi connectivity index (χ1v) is 13.7. The van der Waals surface area contributed by atoms with Gasteiger partial charge in [-0.25, -0.2) is 19.2 Å². The number of pyridine rings is 2. The van der Waals surface area contributed by atoms with Crippen LogP contribution >= 0.6 is 0 Å². The molecule has 4 rings (SSSR count). The van der Waals surface area contributed by atoms with Gasteiger partial charge in [-0.1, -0.05) is 6.42 Å². The van der Waals surface area contributed by atoms with Crippen LogP contribution in [0.3, 0.4) is 0 Å². The summed E-state index contributed by atoms with van der Waals surface area (Å²) in [4.78, 5) is 22.6. The van der Waals surface area contributed by atoms with E-state index in [1.54, 1.807) is 33.9 Å². The van der Waals surface area contributed by atoms with Crippen molar-refractivity contribution < 1.29 is 23.4 Å². The molecule has 1 aliphatic rings. The summed E-state index contributed by atoms with van der Waals surface area (Å²) >= 11 is 0. The fourth-order valence-electron chi connectivity index (χ4n) is 4.42. The van der Waals surface area contributed by atoms with Gasteiger partial charge in [0.1, 0.15) is 24.0 Å². The Kier molecular flexibility index (Phi) is 9.74. The standard InChI is InChI=1S/C28H36FN9O4/c1-17(34-27(39)42-28(2,3)4)23(18-7-6-8-18)36-25-21(29)13-19(15-30)24(37-25)35-20-14-22(38-32-9-10-33-38)26(31-16-20)41-12-11-40-5/h9-10,13-14,16-18,23H,6-8,11-12H2,1-5H3,(H,34,39)(H2,35,36,37)/t17-,23-/m0/s1. The second-order valence-electron chi connectivity index (χ2n) is 11.0. The lowest BCUT2D eigenvalue weighted by atomic mass is 9.77. The third-order valence-electron chi connectivity index (χ3n) is 6.60. The summed E-state index contributed by atoms with van der Waals surface area (Å²) in [7, 11) is 1.57. The number of aromatic nitrogens is 5. The third-order valence-corrected chi connectivity index (χ3v) is 6.60. The number of hydrogen-bond donors (Lipinski definition) is 3. The smallest absolute Gasteiger partial charge is 0.407 e. The van der Waals surface area contributed by atoms with E-state index in [-0.39, 0.29) is 41.6 Å². The third kappa shape index (κ3) is 7.82. The van der Waals surface area contributed by atoms with Gasteiger partial charge in [-0.15, -0.1) is 4.80 Å². The van der Waals surface area contributed by atoms with E-state index >= 15 is 4.39 Å². The minimum absolute atomic E-state index is 0.00245. The van der Waals surface area contributed by atoms with Gasteiger partial charge in [-0.05, 0) is 58.6 Å². The highest BCUT2D eigenvalue weighted by Crippen LogP contribution is 2.34. The van der Waals surface area contributed by atoms with Crippen LogP contribution in [-0.2, 0) is 9.47 Å². The maximum atomic E-state index is 15.2. The molecule has 0 unspecified atom stereocenters. The van der Waals surface area contributed by atoms with Gasteiger partial charge in [0, 0.05) is 13.2 Å². The molecule has 1 saturated carbocycles. The van der Waals surface area contributed by atoms with Crippen LogP contribution in [0.5, 0.6) is 5.88 Å². The van der Waals surface area contributed by atoms with Crippen molar-refractivity contribution in [1.29, 1.82) is 5.26 Å². The number of rotatable bonds is 12. The first-order chi connectivity index (χ1) is 20.1. The molecule has 13 nitrogen and oxygen atoms in total. The highest BCUT2D eigenvalue weighted by molar-refractivity contribution is 5.69. The summed E-state index contributed by atoms with van der Waals surface area (Å²) in [6.07, 6.45) is 6.88.